The predicted octanol–water partition coefficient (Wildman–Crippen LogP) is 14.7. The van der Waals surface area contributed by atoms with Gasteiger partial charge in [0.1, 0.15) is 23.0 Å². The minimum absolute atomic E-state index is 0.0185. The van der Waals surface area contributed by atoms with E-state index in [0.29, 0.717) is 0 Å². The molecule has 0 radical (unpaired) electrons. The van der Waals surface area contributed by atoms with Crippen molar-refractivity contribution in [3.63, 3.8) is 0 Å². The first-order chi connectivity index (χ1) is 36.9. The molecular formula is C68H55B2N3O2S. The van der Waals surface area contributed by atoms with Gasteiger partial charge in [0.25, 0.3) is 6.71 Å². The van der Waals surface area contributed by atoms with Crippen LogP contribution in [0.15, 0.2) is 234 Å². The maximum atomic E-state index is 7.04. The molecule has 0 amide bonds. The molecule has 5 nitrogen and oxygen atoms in total. The quantitative estimate of drug-likeness (QED) is 0.148. The molecular weight excluding hydrogens is 944 g/mol. The summed E-state index contributed by atoms with van der Waals surface area (Å²) in [5.41, 5.74) is 20.2. The molecule has 0 spiro atoms. The van der Waals surface area contributed by atoms with Gasteiger partial charge >= 0.3 is 0 Å². The average molecular weight is 1000 g/mol. The summed E-state index contributed by atoms with van der Waals surface area (Å²) in [6, 6.07) is 82.0. The van der Waals surface area contributed by atoms with Crippen LogP contribution < -0.4 is 57.0 Å². The molecule has 4 heterocycles. The van der Waals surface area contributed by atoms with Gasteiger partial charge in [-0.25, -0.2) is 0 Å². The van der Waals surface area contributed by atoms with Crippen LogP contribution in [0, 0.1) is 0 Å². The van der Waals surface area contributed by atoms with Crippen LogP contribution in [0.1, 0.15) is 52.7 Å². The second-order valence-electron chi connectivity index (χ2n) is 22.5. The number of fused-ring (bicyclic) bond motifs is 8. The number of nitrogens with zero attached hydrogens (tertiary/aromatic N) is 3. The van der Waals surface area contributed by atoms with Crippen LogP contribution >= 0.6 is 11.8 Å². The van der Waals surface area contributed by atoms with Gasteiger partial charge in [0.2, 0.25) is 6.71 Å². The molecule has 0 unspecified atom stereocenters. The van der Waals surface area contributed by atoms with Crippen molar-refractivity contribution in [2.45, 2.75) is 62.2 Å². The van der Waals surface area contributed by atoms with Gasteiger partial charge in [-0.3, -0.25) is 0 Å². The number of hydrogen-bond donors (Lipinski definition) is 0. The largest absolute Gasteiger partial charge is 0.457 e. The molecule has 4 aliphatic heterocycles. The SMILES string of the molecule is CC(C)(C)c1ccc(Oc2cc3c4c(c2)N(c2ccccc2)c2cc5c(cc2B4c2ccccc2S3)B2c3ccccc3N(c3ccccc3)c3cc(Oc4ccc(C(C)(C)C)cc4)cc(c32)N5c2ccccc2)cc1. The molecule has 0 N–H and O–H groups in total. The number of anilines is 9. The van der Waals surface area contributed by atoms with Gasteiger partial charge in [0.15, 0.2) is 0 Å². The van der Waals surface area contributed by atoms with Crippen LogP contribution in [0.4, 0.5) is 51.2 Å². The van der Waals surface area contributed by atoms with Crippen molar-refractivity contribution in [3.05, 3.63) is 236 Å². The lowest BCUT2D eigenvalue weighted by molar-refractivity contribution is 0.480. The summed E-state index contributed by atoms with van der Waals surface area (Å²) in [5, 5.41) is 0. The van der Waals surface area contributed by atoms with E-state index < -0.39 is 0 Å². The molecule has 366 valence electrons. The lowest BCUT2D eigenvalue weighted by atomic mass is 9.30. The van der Waals surface area contributed by atoms with E-state index in [4.69, 9.17) is 9.47 Å². The summed E-state index contributed by atoms with van der Waals surface area (Å²) >= 11 is 1.85. The van der Waals surface area contributed by atoms with E-state index in [1.54, 1.807) is 0 Å². The van der Waals surface area contributed by atoms with Crippen molar-refractivity contribution in [2.75, 3.05) is 14.7 Å². The summed E-state index contributed by atoms with van der Waals surface area (Å²) in [6.45, 7) is 13.3. The highest BCUT2D eigenvalue weighted by Crippen LogP contribution is 2.50. The van der Waals surface area contributed by atoms with Crippen molar-refractivity contribution in [2.24, 2.45) is 0 Å². The predicted molar refractivity (Wildman–Crippen MR) is 321 cm³/mol. The van der Waals surface area contributed by atoms with E-state index in [1.165, 1.54) is 53.7 Å². The molecule has 4 aliphatic rings. The minimum Gasteiger partial charge on any atom is -0.457 e. The van der Waals surface area contributed by atoms with Gasteiger partial charge in [-0.15, -0.1) is 0 Å². The first kappa shape index (κ1) is 46.2. The van der Waals surface area contributed by atoms with Gasteiger partial charge in [0.05, 0.1) is 0 Å². The molecule has 10 aromatic carbocycles. The molecule has 10 aromatic rings. The molecule has 0 saturated heterocycles. The van der Waals surface area contributed by atoms with E-state index in [1.807, 2.05) is 11.8 Å². The van der Waals surface area contributed by atoms with Gasteiger partial charge in [-0.1, -0.05) is 180 Å². The molecule has 0 saturated carbocycles. The summed E-state index contributed by atoms with van der Waals surface area (Å²) in [6.07, 6.45) is 0. The third kappa shape index (κ3) is 7.64. The highest BCUT2D eigenvalue weighted by Gasteiger charge is 2.47. The third-order valence-corrected chi connectivity index (χ3v) is 16.8. The van der Waals surface area contributed by atoms with Crippen LogP contribution in [0.3, 0.4) is 0 Å². The molecule has 14 rings (SSSR count). The van der Waals surface area contributed by atoms with Gasteiger partial charge in [-0.05, 0) is 134 Å². The maximum absolute atomic E-state index is 7.04. The maximum Gasteiger partial charge on any atom is 0.252 e. The van der Waals surface area contributed by atoms with Crippen LogP contribution in [-0.4, -0.2) is 13.4 Å². The Balaban J connectivity index is 1.03. The first-order valence-corrected chi connectivity index (χ1v) is 27.3. The van der Waals surface area contributed by atoms with Crippen molar-refractivity contribution in [3.8, 4) is 23.0 Å². The first-order valence-electron chi connectivity index (χ1n) is 26.5. The van der Waals surface area contributed by atoms with E-state index in [2.05, 4.69) is 281 Å². The summed E-state index contributed by atoms with van der Waals surface area (Å²) in [4.78, 5) is 9.89. The van der Waals surface area contributed by atoms with Crippen LogP contribution in [0.5, 0.6) is 23.0 Å². The Morgan fingerprint density at radius 1 is 0.316 bits per heavy atom. The highest BCUT2D eigenvalue weighted by molar-refractivity contribution is 8.00. The lowest BCUT2D eigenvalue weighted by Crippen LogP contribution is -2.64. The monoisotopic (exact) mass is 999 g/mol. The van der Waals surface area contributed by atoms with E-state index >= 15 is 0 Å². The van der Waals surface area contributed by atoms with Crippen LogP contribution in [-0.2, 0) is 10.8 Å². The molecule has 76 heavy (non-hydrogen) atoms. The number of para-hydroxylation sites is 4. The van der Waals surface area contributed by atoms with Gasteiger partial charge < -0.3 is 24.2 Å². The fourth-order valence-corrected chi connectivity index (χ4v) is 13.3. The second kappa shape index (κ2) is 17.6. The number of benzene rings is 10. The summed E-state index contributed by atoms with van der Waals surface area (Å²) in [5.74, 6) is 3.18. The number of ether oxygens (including phenoxy) is 2. The molecule has 0 aromatic heterocycles. The fraction of sp³-hybridized carbons (Fsp3) is 0.118. The van der Waals surface area contributed by atoms with Crippen molar-refractivity contribution < 1.29 is 9.47 Å². The van der Waals surface area contributed by atoms with Crippen molar-refractivity contribution in [1.29, 1.82) is 0 Å². The second-order valence-corrected chi connectivity index (χ2v) is 23.6. The normalized spacial score (nSPS) is 13.7. The molecule has 8 heteroatoms. The standard InChI is InChI=1S/C68H55B2N3O2S/c1-67(2,3)44-30-34-49(35-31-44)74-51-38-60-65-61(39-51)72(47-22-12-8-13-23-47)58-43-59-56(42-55(58)69(65)53-26-16-18-28-57(53)71(60)46-20-10-7-11-21-46)70-54-27-17-19-29-63(54)76-64-41-52(75-50-36-32-45(33-37-50)68(4,5)6)40-62(66(64)70)73(59)48-24-14-9-15-25-48/h7-43H,1-6H3. The van der Waals surface area contributed by atoms with E-state index in [-0.39, 0.29) is 24.3 Å². The number of hydrogen-bond acceptors (Lipinski definition) is 6. The number of rotatable bonds is 7. The molecule has 0 aliphatic carbocycles. The fourth-order valence-electron chi connectivity index (χ4n) is 12.1. The third-order valence-electron chi connectivity index (χ3n) is 15.7. The molecule has 0 fully saturated rings. The van der Waals surface area contributed by atoms with E-state index in [9.17, 15) is 0 Å². The Morgan fingerprint density at radius 3 is 1.22 bits per heavy atom. The van der Waals surface area contributed by atoms with Crippen molar-refractivity contribution >= 4 is 109 Å². The zero-order valence-electron chi connectivity index (χ0n) is 43.6. The Kier molecular flexibility index (Phi) is 10.7. The average Bonchev–Trinajstić information content (AvgIpc) is 3.47. The van der Waals surface area contributed by atoms with E-state index in [0.717, 1.165) is 74.2 Å². The van der Waals surface area contributed by atoms with Gasteiger partial charge in [-0.2, -0.15) is 0 Å². The van der Waals surface area contributed by atoms with Crippen LogP contribution in [0.25, 0.3) is 0 Å². The lowest BCUT2D eigenvalue weighted by Gasteiger charge is -2.46. The topological polar surface area (TPSA) is 28.2 Å². The van der Waals surface area contributed by atoms with Crippen LogP contribution in [0.2, 0.25) is 0 Å². The molecule has 0 atom stereocenters. The minimum atomic E-state index is -0.110. The highest BCUT2D eigenvalue weighted by atomic mass is 32.2. The Labute approximate surface area is 451 Å². The van der Waals surface area contributed by atoms with Gasteiger partial charge in [0, 0.05) is 79.2 Å². The summed E-state index contributed by atoms with van der Waals surface area (Å²) in [7, 11) is 0. The smallest absolute Gasteiger partial charge is 0.252 e. The zero-order valence-corrected chi connectivity index (χ0v) is 44.4. The Hall–Kier alpha value is -8.32. The Bertz CT molecular complexity index is 3890. The summed E-state index contributed by atoms with van der Waals surface area (Å²) < 4.78 is 14.0. The molecule has 0 bridgehead atoms. The Morgan fingerprint density at radius 2 is 0.724 bits per heavy atom. The zero-order chi connectivity index (χ0) is 51.5. The van der Waals surface area contributed by atoms with Crippen molar-refractivity contribution in [1.82, 2.24) is 0 Å².